The SMILES string of the molecule is CCC(C)(NCC(O)CC1CCCC1)C(=O)O. The van der Waals surface area contributed by atoms with E-state index in [4.69, 9.17) is 5.11 Å². The van der Waals surface area contributed by atoms with E-state index in [0.29, 0.717) is 18.9 Å². The lowest BCUT2D eigenvalue weighted by Gasteiger charge is -2.27. The van der Waals surface area contributed by atoms with Gasteiger partial charge in [0, 0.05) is 6.54 Å². The summed E-state index contributed by atoms with van der Waals surface area (Å²) in [6, 6.07) is 0. The number of carbonyl (C=O) groups is 1. The summed E-state index contributed by atoms with van der Waals surface area (Å²) in [5, 5.41) is 21.9. The number of carboxylic acids is 1. The third kappa shape index (κ3) is 4.28. The fourth-order valence-electron chi connectivity index (χ4n) is 2.41. The normalized spacial score (nSPS) is 22.3. The Balaban J connectivity index is 2.30. The first-order valence-electron chi connectivity index (χ1n) is 6.64. The summed E-state index contributed by atoms with van der Waals surface area (Å²) in [4.78, 5) is 11.1. The van der Waals surface area contributed by atoms with E-state index in [0.717, 1.165) is 6.42 Å². The quantitative estimate of drug-likeness (QED) is 0.637. The van der Waals surface area contributed by atoms with Crippen molar-refractivity contribution >= 4 is 5.97 Å². The van der Waals surface area contributed by atoms with Crippen molar-refractivity contribution in [1.29, 1.82) is 0 Å². The second-order valence-electron chi connectivity index (χ2n) is 5.41. The molecule has 1 aliphatic rings. The van der Waals surface area contributed by atoms with Crippen LogP contribution in [0.3, 0.4) is 0 Å². The van der Waals surface area contributed by atoms with Gasteiger partial charge in [-0.3, -0.25) is 10.1 Å². The number of rotatable bonds is 7. The lowest BCUT2D eigenvalue weighted by Crippen LogP contribution is -2.51. The Bertz CT molecular complexity index is 251. The minimum atomic E-state index is -0.920. The number of nitrogens with one attached hydrogen (secondary N) is 1. The molecule has 4 heteroatoms. The van der Waals surface area contributed by atoms with Crippen LogP contribution in [0.4, 0.5) is 0 Å². The topological polar surface area (TPSA) is 69.6 Å². The van der Waals surface area contributed by atoms with Gasteiger partial charge in [-0.2, -0.15) is 0 Å². The van der Waals surface area contributed by atoms with Crippen LogP contribution < -0.4 is 5.32 Å². The average Bonchev–Trinajstić information content (AvgIpc) is 2.78. The van der Waals surface area contributed by atoms with E-state index in [1.54, 1.807) is 6.92 Å². The molecule has 0 amide bonds. The van der Waals surface area contributed by atoms with E-state index in [2.05, 4.69) is 5.32 Å². The molecule has 0 spiro atoms. The van der Waals surface area contributed by atoms with E-state index in [1.807, 2.05) is 6.92 Å². The molecule has 1 fully saturated rings. The average molecular weight is 243 g/mol. The van der Waals surface area contributed by atoms with Crippen LogP contribution in [0.1, 0.15) is 52.4 Å². The van der Waals surface area contributed by atoms with Crippen LogP contribution in [0.15, 0.2) is 0 Å². The lowest BCUT2D eigenvalue weighted by molar-refractivity contribution is -0.144. The van der Waals surface area contributed by atoms with Crippen molar-refractivity contribution in [2.45, 2.75) is 64.0 Å². The first kappa shape index (κ1) is 14.5. The molecule has 1 rings (SSSR count). The number of carboxylic acid groups (broad SMARTS) is 1. The zero-order valence-corrected chi connectivity index (χ0v) is 10.9. The number of hydrogen-bond acceptors (Lipinski definition) is 3. The molecule has 3 N–H and O–H groups in total. The molecular formula is C13H25NO3. The van der Waals surface area contributed by atoms with Gasteiger partial charge >= 0.3 is 5.97 Å². The molecule has 2 unspecified atom stereocenters. The standard InChI is InChI=1S/C13H25NO3/c1-3-13(2,12(16)17)14-9-11(15)8-10-6-4-5-7-10/h10-11,14-15H,3-9H2,1-2H3,(H,16,17). The largest absolute Gasteiger partial charge is 0.480 e. The monoisotopic (exact) mass is 243 g/mol. The molecule has 4 nitrogen and oxygen atoms in total. The van der Waals surface area contributed by atoms with Crippen LogP contribution in [0.5, 0.6) is 0 Å². The molecule has 0 aromatic carbocycles. The zero-order valence-electron chi connectivity index (χ0n) is 10.9. The van der Waals surface area contributed by atoms with Gasteiger partial charge in [0.1, 0.15) is 5.54 Å². The number of aliphatic hydroxyl groups is 1. The van der Waals surface area contributed by atoms with Crippen molar-refractivity contribution in [3.8, 4) is 0 Å². The highest BCUT2D eigenvalue weighted by molar-refractivity contribution is 5.78. The summed E-state index contributed by atoms with van der Waals surface area (Å²) in [5.74, 6) is -0.224. The van der Waals surface area contributed by atoms with Crippen LogP contribution in [0.2, 0.25) is 0 Å². The lowest BCUT2D eigenvalue weighted by atomic mass is 9.96. The molecule has 2 atom stereocenters. The van der Waals surface area contributed by atoms with E-state index in [-0.39, 0.29) is 0 Å². The van der Waals surface area contributed by atoms with Crippen LogP contribution in [-0.4, -0.2) is 34.4 Å². The second-order valence-corrected chi connectivity index (χ2v) is 5.41. The highest BCUT2D eigenvalue weighted by atomic mass is 16.4. The fourth-order valence-corrected chi connectivity index (χ4v) is 2.41. The summed E-state index contributed by atoms with van der Waals surface area (Å²) in [6.45, 7) is 3.87. The number of aliphatic hydroxyl groups excluding tert-OH is 1. The molecule has 100 valence electrons. The van der Waals surface area contributed by atoms with Crippen LogP contribution in [0.25, 0.3) is 0 Å². The zero-order chi connectivity index (χ0) is 12.9. The Hall–Kier alpha value is -0.610. The molecule has 1 saturated carbocycles. The molecule has 0 aromatic rings. The molecule has 0 bridgehead atoms. The Morgan fingerprint density at radius 2 is 2.06 bits per heavy atom. The third-order valence-electron chi connectivity index (χ3n) is 3.99. The molecular weight excluding hydrogens is 218 g/mol. The molecule has 0 radical (unpaired) electrons. The number of aliphatic carboxylic acids is 1. The van der Waals surface area contributed by atoms with Gasteiger partial charge < -0.3 is 10.2 Å². The van der Waals surface area contributed by atoms with E-state index >= 15 is 0 Å². The first-order valence-corrected chi connectivity index (χ1v) is 6.64. The van der Waals surface area contributed by atoms with Gasteiger partial charge in [0.05, 0.1) is 6.10 Å². The third-order valence-corrected chi connectivity index (χ3v) is 3.99. The van der Waals surface area contributed by atoms with Crippen molar-refractivity contribution in [2.24, 2.45) is 5.92 Å². The maximum absolute atomic E-state index is 11.1. The van der Waals surface area contributed by atoms with E-state index < -0.39 is 17.6 Å². The summed E-state index contributed by atoms with van der Waals surface area (Å²) in [6.07, 6.45) is 5.84. The van der Waals surface area contributed by atoms with Gasteiger partial charge in [-0.25, -0.2) is 0 Å². The maximum Gasteiger partial charge on any atom is 0.323 e. The van der Waals surface area contributed by atoms with E-state index in [9.17, 15) is 9.90 Å². The first-order chi connectivity index (χ1) is 7.98. The van der Waals surface area contributed by atoms with Gasteiger partial charge in [-0.1, -0.05) is 32.6 Å². The summed E-state index contributed by atoms with van der Waals surface area (Å²) >= 11 is 0. The number of β-amino-alcohol motifs (C(OH)–C–C–N with tert-alkyl or cyclic N) is 1. The summed E-state index contributed by atoms with van der Waals surface area (Å²) in [5.41, 5.74) is -0.920. The Morgan fingerprint density at radius 3 is 2.53 bits per heavy atom. The van der Waals surface area contributed by atoms with Gasteiger partial charge in [0.2, 0.25) is 0 Å². The van der Waals surface area contributed by atoms with Crippen molar-refractivity contribution < 1.29 is 15.0 Å². The van der Waals surface area contributed by atoms with Crippen molar-refractivity contribution in [2.75, 3.05) is 6.54 Å². The maximum atomic E-state index is 11.1. The van der Waals surface area contributed by atoms with Crippen LogP contribution in [-0.2, 0) is 4.79 Å². The highest BCUT2D eigenvalue weighted by Gasteiger charge is 2.31. The van der Waals surface area contributed by atoms with Crippen molar-refractivity contribution in [3.63, 3.8) is 0 Å². The molecule has 0 aromatic heterocycles. The molecule has 0 aliphatic heterocycles. The molecule has 17 heavy (non-hydrogen) atoms. The van der Waals surface area contributed by atoms with Gasteiger partial charge in [-0.15, -0.1) is 0 Å². The van der Waals surface area contributed by atoms with E-state index in [1.165, 1.54) is 25.7 Å². The highest BCUT2D eigenvalue weighted by Crippen LogP contribution is 2.28. The van der Waals surface area contributed by atoms with Gasteiger partial charge in [0.25, 0.3) is 0 Å². The van der Waals surface area contributed by atoms with Crippen molar-refractivity contribution in [3.05, 3.63) is 0 Å². The minimum Gasteiger partial charge on any atom is -0.480 e. The predicted molar refractivity (Wildman–Crippen MR) is 66.9 cm³/mol. The van der Waals surface area contributed by atoms with Gasteiger partial charge in [0.15, 0.2) is 0 Å². The summed E-state index contributed by atoms with van der Waals surface area (Å²) < 4.78 is 0. The smallest absolute Gasteiger partial charge is 0.323 e. The van der Waals surface area contributed by atoms with Crippen LogP contribution in [0, 0.1) is 5.92 Å². The van der Waals surface area contributed by atoms with Gasteiger partial charge in [-0.05, 0) is 25.7 Å². The number of hydrogen-bond donors (Lipinski definition) is 3. The Kier molecular flexibility index (Phi) is 5.40. The van der Waals surface area contributed by atoms with Crippen molar-refractivity contribution in [1.82, 2.24) is 5.32 Å². The van der Waals surface area contributed by atoms with Crippen LogP contribution >= 0.6 is 0 Å². The molecule has 0 saturated heterocycles. The summed E-state index contributed by atoms with van der Waals surface area (Å²) in [7, 11) is 0. The Morgan fingerprint density at radius 1 is 1.47 bits per heavy atom. The molecule has 1 aliphatic carbocycles. The minimum absolute atomic E-state index is 0.368. The second kappa shape index (κ2) is 6.36. The fraction of sp³-hybridized carbons (Fsp3) is 0.923. The Labute approximate surface area is 103 Å². The molecule has 0 heterocycles. The predicted octanol–water partition coefficient (Wildman–Crippen LogP) is 1.77.